The normalized spacial score (nSPS) is 27.4. The summed E-state index contributed by atoms with van der Waals surface area (Å²) in [6.07, 6.45) is -0.516. The number of halogens is 1. The molecule has 2 unspecified atom stereocenters. The maximum atomic E-state index is 12.1. The summed E-state index contributed by atoms with van der Waals surface area (Å²) in [7, 11) is 2.04. The number of anilines is 1. The van der Waals surface area contributed by atoms with Gasteiger partial charge in [0.05, 0.1) is 6.04 Å². The highest BCUT2D eigenvalue weighted by molar-refractivity contribution is 9.10. The third-order valence-corrected chi connectivity index (χ3v) is 3.79. The molecule has 0 spiro atoms. The molecule has 2 aliphatic rings. The van der Waals surface area contributed by atoms with Crippen LogP contribution in [0.15, 0.2) is 16.7 Å². The SMILES string of the molecule is CN1CCNC(C2Oc3ccc(Br)nc3NC2=O)C1. The van der Waals surface area contributed by atoms with Gasteiger partial charge < -0.3 is 20.3 Å². The van der Waals surface area contributed by atoms with Crippen molar-refractivity contribution in [1.82, 2.24) is 15.2 Å². The molecular formula is C12H15BrN4O2. The van der Waals surface area contributed by atoms with E-state index in [4.69, 9.17) is 4.74 Å². The largest absolute Gasteiger partial charge is 0.475 e. The molecule has 102 valence electrons. The highest BCUT2D eigenvalue weighted by Crippen LogP contribution is 2.30. The van der Waals surface area contributed by atoms with Crippen LogP contribution in [-0.4, -0.2) is 54.6 Å². The van der Waals surface area contributed by atoms with E-state index in [1.165, 1.54) is 0 Å². The van der Waals surface area contributed by atoms with Gasteiger partial charge in [-0.1, -0.05) is 0 Å². The average molecular weight is 327 g/mol. The number of hydrogen-bond donors (Lipinski definition) is 2. The number of aromatic nitrogens is 1. The standard InChI is InChI=1S/C12H15BrN4O2/c1-17-5-4-14-7(6-17)10-12(18)16-11-8(19-10)2-3-9(13)15-11/h2-3,7,10,14H,4-6H2,1H3,(H,15,16,18). The van der Waals surface area contributed by atoms with E-state index in [1.807, 2.05) is 13.1 Å². The van der Waals surface area contributed by atoms with Crippen LogP contribution in [0.5, 0.6) is 5.75 Å². The zero-order valence-electron chi connectivity index (χ0n) is 10.5. The molecule has 1 aromatic rings. The number of rotatable bonds is 1. The molecule has 1 fully saturated rings. The molecule has 19 heavy (non-hydrogen) atoms. The summed E-state index contributed by atoms with van der Waals surface area (Å²) < 4.78 is 6.47. The van der Waals surface area contributed by atoms with Crippen LogP contribution in [0.2, 0.25) is 0 Å². The quantitative estimate of drug-likeness (QED) is 0.733. The minimum Gasteiger partial charge on any atom is -0.475 e. The van der Waals surface area contributed by atoms with Crippen LogP contribution in [0, 0.1) is 0 Å². The van der Waals surface area contributed by atoms with Crippen molar-refractivity contribution in [1.29, 1.82) is 0 Å². The molecule has 0 saturated carbocycles. The topological polar surface area (TPSA) is 66.5 Å². The Bertz CT molecular complexity index is 511. The summed E-state index contributed by atoms with van der Waals surface area (Å²) in [6.45, 7) is 2.63. The van der Waals surface area contributed by atoms with Crippen LogP contribution < -0.4 is 15.4 Å². The van der Waals surface area contributed by atoms with Gasteiger partial charge in [-0.3, -0.25) is 4.79 Å². The second-order valence-corrected chi connectivity index (χ2v) is 5.64. The fourth-order valence-electron chi connectivity index (χ4n) is 2.39. The average Bonchev–Trinajstić information content (AvgIpc) is 2.37. The second kappa shape index (κ2) is 5.07. The highest BCUT2D eigenvalue weighted by atomic mass is 79.9. The lowest BCUT2D eigenvalue weighted by molar-refractivity contribution is -0.125. The zero-order chi connectivity index (χ0) is 13.4. The first kappa shape index (κ1) is 12.8. The van der Waals surface area contributed by atoms with Crippen LogP contribution in [0.3, 0.4) is 0 Å². The van der Waals surface area contributed by atoms with Crippen LogP contribution in [-0.2, 0) is 4.79 Å². The number of ether oxygens (including phenoxy) is 1. The molecule has 1 saturated heterocycles. The predicted molar refractivity (Wildman–Crippen MR) is 74.3 cm³/mol. The van der Waals surface area contributed by atoms with Crippen molar-refractivity contribution < 1.29 is 9.53 Å². The smallest absolute Gasteiger partial charge is 0.268 e. The van der Waals surface area contributed by atoms with E-state index in [1.54, 1.807) is 6.07 Å². The Hall–Kier alpha value is -1.18. The van der Waals surface area contributed by atoms with E-state index in [-0.39, 0.29) is 11.9 Å². The van der Waals surface area contributed by atoms with Crippen LogP contribution in [0.4, 0.5) is 5.82 Å². The maximum Gasteiger partial charge on any atom is 0.268 e. The Balaban J connectivity index is 1.81. The summed E-state index contributed by atoms with van der Waals surface area (Å²) in [4.78, 5) is 18.5. The van der Waals surface area contributed by atoms with Gasteiger partial charge in [0.15, 0.2) is 17.7 Å². The summed E-state index contributed by atoms with van der Waals surface area (Å²) in [5.41, 5.74) is 0. The van der Waals surface area contributed by atoms with Crippen molar-refractivity contribution in [2.75, 3.05) is 32.0 Å². The first-order chi connectivity index (χ1) is 9.13. The molecule has 1 amide bonds. The minimum absolute atomic E-state index is 0.00412. The van der Waals surface area contributed by atoms with Crippen molar-refractivity contribution in [3.05, 3.63) is 16.7 Å². The van der Waals surface area contributed by atoms with Crippen molar-refractivity contribution in [2.45, 2.75) is 12.1 Å². The summed E-state index contributed by atoms with van der Waals surface area (Å²) in [6, 6.07) is 3.61. The van der Waals surface area contributed by atoms with Crippen LogP contribution >= 0.6 is 15.9 Å². The Labute approximate surface area is 119 Å². The number of carbonyl (C=O) groups is 1. The lowest BCUT2D eigenvalue weighted by Crippen LogP contribution is -2.60. The molecule has 2 aliphatic heterocycles. The highest BCUT2D eigenvalue weighted by Gasteiger charge is 2.36. The number of fused-ring (bicyclic) bond motifs is 1. The molecule has 0 bridgehead atoms. The molecule has 3 rings (SSSR count). The van der Waals surface area contributed by atoms with Crippen molar-refractivity contribution >= 4 is 27.7 Å². The predicted octanol–water partition coefficient (Wildman–Crippen LogP) is 0.447. The fraction of sp³-hybridized carbons (Fsp3) is 0.500. The number of nitrogens with zero attached hydrogens (tertiary/aromatic N) is 2. The fourth-order valence-corrected chi connectivity index (χ4v) is 2.69. The van der Waals surface area contributed by atoms with Crippen molar-refractivity contribution in [3.63, 3.8) is 0 Å². The minimum atomic E-state index is -0.516. The number of amides is 1. The van der Waals surface area contributed by atoms with Crippen molar-refractivity contribution in [2.24, 2.45) is 0 Å². The first-order valence-corrected chi connectivity index (χ1v) is 6.99. The molecule has 2 N–H and O–H groups in total. The van der Waals surface area contributed by atoms with E-state index < -0.39 is 6.10 Å². The van der Waals surface area contributed by atoms with Gasteiger partial charge >= 0.3 is 0 Å². The first-order valence-electron chi connectivity index (χ1n) is 6.19. The second-order valence-electron chi connectivity index (χ2n) is 4.83. The van der Waals surface area contributed by atoms with Gasteiger partial charge in [-0.2, -0.15) is 0 Å². The third kappa shape index (κ3) is 2.58. The van der Waals surface area contributed by atoms with E-state index in [0.29, 0.717) is 16.2 Å². The van der Waals surface area contributed by atoms with E-state index in [9.17, 15) is 4.79 Å². The number of carbonyl (C=O) groups excluding carboxylic acids is 1. The molecule has 7 heteroatoms. The van der Waals surface area contributed by atoms with E-state index in [2.05, 4.69) is 36.4 Å². The molecule has 0 aliphatic carbocycles. The maximum absolute atomic E-state index is 12.1. The Kier molecular flexibility index (Phi) is 3.42. The molecule has 0 radical (unpaired) electrons. The van der Waals surface area contributed by atoms with Gasteiger partial charge in [-0.25, -0.2) is 4.98 Å². The Morgan fingerprint density at radius 2 is 2.37 bits per heavy atom. The van der Waals surface area contributed by atoms with Crippen LogP contribution in [0.1, 0.15) is 0 Å². The lowest BCUT2D eigenvalue weighted by Gasteiger charge is -2.37. The third-order valence-electron chi connectivity index (χ3n) is 3.35. The number of likely N-dealkylation sites (N-methyl/N-ethyl adjacent to an activating group) is 1. The molecule has 6 nitrogen and oxygen atoms in total. The molecular weight excluding hydrogens is 312 g/mol. The zero-order valence-corrected chi connectivity index (χ0v) is 12.1. The molecule has 1 aromatic heterocycles. The van der Waals surface area contributed by atoms with Crippen molar-refractivity contribution in [3.8, 4) is 5.75 Å². The molecule has 3 heterocycles. The van der Waals surface area contributed by atoms with Gasteiger partial charge in [0, 0.05) is 19.6 Å². The summed E-state index contributed by atoms with van der Waals surface area (Å²) >= 11 is 3.27. The van der Waals surface area contributed by atoms with Crippen LogP contribution in [0.25, 0.3) is 0 Å². The van der Waals surface area contributed by atoms with Gasteiger partial charge in [-0.15, -0.1) is 0 Å². The number of pyridine rings is 1. The lowest BCUT2D eigenvalue weighted by atomic mass is 10.1. The monoisotopic (exact) mass is 326 g/mol. The summed E-state index contributed by atoms with van der Waals surface area (Å²) in [5.74, 6) is 0.938. The number of piperazine rings is 1. The molecule has 0 aromatic carbocycles. The van der Waals surface area contributed by atoms with E-state index in [0.717, 1.165) is 19.6 Å². The number of nitrogens with one attached hydrogen (secondary N) is 2. The Morgan fingerprint density at radius 1 is 1.53 bits per heavy atom. The molecule has 2 atom stereocenters. The number of hydrogen-bond acceptors (Lipinski definition) is 5. The van der Waals surface area contributed by atoms with Gasteiger partial charge in [-0.05, 0) is 35.1 Å². The Morgan fingerprint density at radius 3 is 3.16 bits per heavy atom. The van der Waals surface area contributed by atoms with Gasteiger partial charge in [0.2, 0.25) is 0 Å². The summed E-state index contributed by atoms with van der Waals surface area (Å²) in [5, 5.41) is 6.13. The van der Waals surface area contributed by atoms with E-state index >= 15 is 0 Å². The van der Waals surface area contributed by atoms with Gasteiger partial charge in [0.1, 0.15) is 4.60 Å². The van der Waals surface area contributed by atoms with Gasteiger partial charge in [0.25, 0.3) is 5.91 Å².